The molecule has 2 aromatic rings. The van der Waals surface area contributed by atoms with Gasteiger partial charge in [-0.2, -0.15) is 0 Å². The molecule has 0 unspecified atom stereocenters. The van der Waals surface area contributed by atoms with Gasteiger partial charge in [0.25, 0.3) is 0 Å². The largest absolute Gasteiger partial charge is 0.338 e. The highest BCUT2D eigenvalue weighted by Crippen LogP contribution is 2.24. The van der Waals surface area contributed by atoms with Crippen LogP contribution in [0.3, 0.4) is 0 Å². The third kappa shape index (κ3) is 5.22. The Morgan fingerprint density at radius 1 is 1.32 bits per heavy atom. The number of amides is 2. The average Bonchev–Trinajstić information content (AvgIpc) is 3.13. The average molecular weight is 360 g/mol. The first kappa shape index (κ1) is 17.8. The summed E-state index contributed by atoms with van der Waals surface area (Å²) in [5.74, 6) is 0. The Hall–Kier alpha value is -2.03. The molecule has 1 aliphatic rings. The predicted molar refractivity (Wildman–Crippen MR) is 99.8 cm³/mol. The molecule has 2 heterocycles. The number of carbonyl (C=O) groups is 1. The summed E-state index contributed by atoms with van der Waals surface area (Å²) in [6, 6.07) is 10.8. The van der Waals surface area contributed by atoms with Gasteiger partial charge in [0.1, 0.15) is 5.51 Å². The molecule has 8 heteroatoms. The van der Waals surface area contributed by atoms with Crippen molar-refractivity contribution in [3.8, 4) is 0 Å². The molecule has 1 atom stereocenters. The van der Waals surface area contributed by atoms with E-state index in [9.17, 15) is 4.79 Å². The second-order valence-electron chi connectivity index (χ2n) is 6.20. The number of benzene rings is 1. The van der Waals surface area contributed by atoms with E-state index in [1.54, 1.807) is 5.51 Å². The van der Waals surface area contributed by atoms with Crippen LogP contribution in [0, 0.1) is 0 Å². The molecule has 1 saturated heterocycles. The van der Waals surface area contributed by atoms with Crippen molar-refractivity contribution in [2.45, 2.75) is 12.5 Å². The summed E-state index contributed by atoms with van der Waals surface area (Å²) < 4.78 is 0. The quantitative estimate of drug-likeness (QED) is 0.771. The van der Waals surface area contributed by atoms with Gasteiger partial charge >= 0.3 is 6.03 Å². The summed E-state index contributed by atoms with van der Waals surface area (Å²) in [4.78, 5) is 16.7. The lowest BCUT2D eigenvalue weighted by atomic mass is 10.0. The number of likely N-dealkylation sites (N-methyl/N-ethyl adjacent to an activating group) is 1. The Bertz CT molecular complexity index is 650. The highest BCUT2D eigenvalue weighted by atomic mass is 32.1. The molecule has 0 bridgehead atoms. The summed E-state index contributed by atoms with van der Waals surface area (Å²) in [7, 11) is 2.17. The minimum atomic E-state index is -0.227. The Balaban J connectivity index is 1.45. The van der Waals surface area contributed by atoms with Gasteiger partial charge in [-0.25, -0.2) is 4.79 Å². The van der Waals surface area contributed by atoms with Gasteiger partial charge in [0.05, 0.1) is 0 Å². The Morgan fingerprint density at radius 2 is 2.16 bits per heavy atom. The molecule has 3 rings (SSSR count). The Morgan fingerprint density at radius 3 is 2.92 bits per heavy atom. The van der Waals surface area contributed by atoms with Crippen LogP contribution in [0.2, 0.25) is 0 Å². The second kappa shape index (κ2) is 8.89. The number of carbonyl (C=O) groups excluding carboxylic acids is 1. The first-order valence-corrected chi connectivity index (χ1v) is 9.39. The Kier molecular flexibility index (Phi) is 6.32. The van der Waals surface area contributed by atoms with E-state index in [0.29, 0.717) is 17.7 Å². The van der Waals surface area contributed by atoms with Crippen LogP contribution in [-0.4, -0.2) is 65.8 Å². The van der Waals surface area contributed by atoms with Gasteiger partial charge in [-0.05, 0) is 19.0 Å². The fraction of sp³-hybridized carbons (Fsp3) is 0.471. The van der Waals surface area contributed by atoms with Crippen LogP contribution >= 0.6 is 11.3 Å². The van der Waals surface area contributed by atoms with Crippen molar-refractivity contribution in [2.75, 3.05) is 45.1 Å². The number of anilines is 1. The van der Waals surface area contributed by atoms with Crippen LogP contribution in [0.25, 0.3) is 0 Å². The van der Waals surface area contributed by atoms with Gasteiger partial charge in [0, 0.05) is 38.8 Å². The van der Waals surface area contributed by atoms with Crippen molar-refractivity contribution in [3.05, 3.63) is 41.4 Å². The van der Waals surface area contributed by atoms with Crippen molar-refractivity contribution in [1.82, 2.24) is 25.3 Å². The van der Waals surface area contributed by atoms with E-state index in [1.165, 1.54) is 16.9 Å². The Labute approximate surface area is 152 Å². The van der Waals surface area contributed by atoms with E-state index in [0.717, 1.165) is 32.6 Å². The number of rotatable bonds is 6. The van der Waals surface area contributed by atoms with Crippen molar-refractivity contribution >= 4 is 22.5 Å². The number of nitrogens with zero attached hydrogens (tertiary/aromatic N) is 4. The van der Waals surface area contributed by atoms with Gasteiger partial charge in [-0.1, -0.05) is 41.7 Å². The molecular formula is C17H24N6OS. The predicted octanol–water partition coefficient (Wildman–Crippen LogP) is 2.04. The van der Waals surface area contributed by atoms with Crippen molar-refractivity contribution in [2.24, 2.45) is 0 Å². The van der Waals surface area contributed by atoms with E-state index in [4.69, 9.17) is 0 Å². The standard InChI is InChI=1S/C17H24N6OS/c1-22-10-11-23(15(12-22)14-6-3-2-4-7-14)9-5-8-18-16(24)20-17-21-19-13-25-17/h2-4,6-7,13,15H,5,8-12H2,1H3,(H2,18,20,21,24)/t15-/m0/s1. The SMILES string of the molecule is CN1CCN(CCCNC(=O)Nc2nncs2)[C@H](c2ccccc2)C1. The van der Waals surface area contributed by atoms with E-state index < -0.39 is 0 Å². The van der Waals surface area contributed by atoms with Crippen LogP contribution in [0.5, 0.6) is 0 Å². The molecule has 0 aliphatic carbocycles. The number of piperazine rings is 1. The highest BCUT2D eigenvalue weighted by Gasteiger charge is 2.25. The topological polar surface area (TPSA) is 73.4 Å². The lowest BCUT2D eigenvalue weighted by Crippen LogP contribution is -2.47. The zero-order valence-electron chi connectivity index (χ0n) is 14.4. The van der Waals surface area contributed by atoms with Gasteiger partial charge in [-0.3, -0.25) is 10.2 Å². The molecule has 0 radical (unpaired) electrons. The molecule has 1 fully saturated rings. The van der Waals surface area contributed by atoms with Crippen molar-refractivity contribution in [1.29, 1.82) is 0 Å². The monoisotopic (exact) mass is 360 g/mol. The molecule has 1 aliphatic heterocycles. The second-order valence-corrected chi connectivity index (χ2v) is 7.04. The fourth-order valence-corrected chi connectivity index (χ4v) is 3.51. The smallest absolute Gasteiger partial charge is 0.321 e. The summed E-state index contributed by atoms with van der Waals surface area (Å²) in [6.45, 7) is 4.77. The number of aromatic nitrogens is 2. The van der Waals surface area contributed by atoms with Crippen LogP contribution in [0.1, 0.15) is 18.0 Å². The maximum Gasteiger partial charge on any atom is 0.321 e. The summed E-state index contributed by atoms with van der Waals surface area (Å²) >= 11 is 1.30. The first-order valence-electron chi connectivity index (χ1n) is 8.51. The highest BCUT2D eigenvalue weighted by molar-refractivity contribution is 7.13. The zero-order chi connectivity index (χ0) is 17.5. The first-order chi connectivity index (χ1) is 12.2. The number of hydrogen-bond donors (Lipinski definition) is 2. The number of nitrogens with one attached hydrogen (secondary N) is 2. The molecular weight excluding hydrogens is 336 g/mol. The minimum Gasteiger partial charge on any atom is -0.338 e. The summed E-state index contributed by atoms with van der Waals surface area (Å²) in [6.07, 6.45) is 0.913. The third-order valence-electron chi connectivity index (χ3n) is 4.37. The normalized spacial score (nSPS) is 18.8. The molecule has 134 valence electrons. The minimum absolute atomic E-state index is 0.227. The fourth-order valence-electron chi connectivity index (χ4n) is 3.07. The van der Waals surface area contributed by atoms with Gasteiger partial charge < -0.3 is 10.2 Å². The van der Waals surface area contributed by atoms with E-state index in [-0.39, 0.29) is 6.03 Å². The molecule has 1 aromatic heterocycles. The van der Waals surface area contributed by atoms with Crippen LogP contribution in [0.15, 0.2) is 35.8 Å². The molecule has 0 spiro atoms. The van der Waals surface area contributed by atoms with E-state index >= 15 is 0 Å². The van der Waals surface area contributed by atoms with E-state index in [1.807, 2.05) is 0 Å². The van der Waals surface area contributed by atoms with Crippen LogP contribution < -0.4 is 10.6 Å². The molecule has 2 amide bonds. The maximum absolute atomic E-state index is 11.8. The number of urea groups is 1. The van der Waals surface area contributed by atoms with Gasteiger partial charge in [-0.15, -0.1) is 10.2 Å². The molecule has 2 N–H and O–H groups in total. The maximum atomic E-state index is 11.8. The van der Waals surface area contributed by atoms with Crippen molar-refractivity contribution in [3.63, 3.8) is 0 Å². The molecule has 25 heavy (non-hydrogen) atoms. The lowest BCUT2D eigenvalue weighted by Gasteiger charge is -2.40. The van der Waals surface area contributed by atoms with E-state index in [2.05, 4.69) is 68.0 Å². The lowest BCUT2D eigenvalue weighted by molar-refractivity contribution is 0.0890. The van der Waals surface area contributed by atoms with Crippen molar-refractivity contribution < 1.29 is 4.79 Å². The van der Waals surface area contributed by atoms with Crippen LogP contribution in [-0.2, 0) is 0 Å². The summed E-state index contributed by atoms with van der Waals surface area (Å²) in [5, 5.41) is 13.5. The van der Waals surface area contributed by atoms with Gasteiger partial charge in [0.2, 0.25) is 5.13 Å². The molecule has 0 saturated carbocycles. The molecule has 1 aromatic carbocycles. The third-order valence-corrected chi connectivity index (χ3v) is 4.97. The van der Waals surface area contributed by atoms with Crippen LogP contribution in [0.4, 0.5) is 9.93 Å². The number of hydrogen-bond acceptors (Lipinski definition) is 6. The summed E-state index contributed by atoms with van der Waals surface area (Å²) in [5.41, 5.74) is 2.95. The zero-order valence-corrected chi connectivity index (χ0v) is 15.2. The van der Waals surface area contributed by atoms with Gasteiger partial charge in [0.15, 0.2) is 0 Å². The molecule has 7 nitrogen and oxygen atoms in total.